The minimum atomic E-state index is -0.371. The fraction of sp³-hybridized carbons (Fsp3) is 0.188. The van der Waals surface area contributed by atoms with Gasteiger partial charge in [0.05, 0.1) is 0 Å². The van der Waals surface area contributed by atoms with E-state index in [1.807, 2.05) is 25.1 Å². The lowest BCUT2D eigenvalue weighted by Gasteiger charge is -2.11. The number of anilines is 1. The normalized spacial score (nSPS) is 10.4. The molecule has 20 heavy (non-hydrogen) atoms. The Bertz CT molecular complexity index is 655. The van der Waals surface area contributed by atoms with Crippen molar-refractivity contribution in [2.24, 2.45) is 0 Å². The number of hydrogen-bond donors (Lipinski definition) is 1. The predicted molar refractivity (Wildman–Crippen MR) is 82.6 cm³/mol. The molecule has 2 aromatic rings. The zero-order valence-electron chi connectivity index (χ0n) is 11.3. The second-order valence-corrected chi connectivity index (χ2v) is 5.49. The first-order valence-corrected chi connectivity index (χ1v) is 7.16. The molecule has 104 valence electrons. The summed E-state index contributed by atoms with van der Waals surface area (Å²) in [4.78, 5) is 12.1. The molecule has 0 aromatic heterocycles. The first-order valence-electron chi connectivity index (χ1n) is 6.37. The molecule has 0 aliphatic carbocycles. The monoisotopic (exact) mass is 335 g/mol. The summed E-state index contributed by atoms with van der Waals surface area (Å²) in [5, 5.41) is 2.83. The van der Waals surface area contributed by atoms with E-state index in [1.165, 1.54) is 6.07 Å². The number of halogens is 2. The van der Waals surface area contributed by atoms with Crippen LogP contribution in [0.2, 0.25) is 0 Å². The maximum Gasteiger partial charge on any atom is 0.255 e. The Hall–Kier alpha value is -1.68. The summed E-state index contributed by atoms with van der Waals surface area (Å²) in [6, 6.07) is 10.2. The zero-order chi connectivity index (χ0) is 14.7. The van der Waals surface area contributed by atoms with Crippen LogP contribution >= 0.6 is 15.9 Å². The van der Waals surface area contributed by atoms with Gasteiger partial charge < -0.3 is 5.32 Å². The number of carbonyl (C=O) groups excluding carboxylic acids is 1. The molecule has 0 aliphatic rings. The number of benzene rings is 2. The molecule has 1 N–H and O–H groups in total. The van der Waals surface area contributed by atoms with Gasteiger partial charge in [0.1, 0.15) is 5.82 Å². The molecule has 0 fully saturated rings. The zero-order valence-corrected chi connectivity index (χ0v) is 12.9. The molecular weight excluding hydrogens is 321 g/mol. The molecule has 0 aliphatic heterocycles. The second kappa shape index (κ2) is 6.18. The van der Waals surface area contributed by atoms with Crippen LogP contribution in [-0.4, -0.2) is 5.91 Å². The van der Waals surface area contributed by atoms with Gasteiger partial charge in [-0.05, 0) is 54.8 Å². The SMILES string of the molecule is CCc1cc(Br)ccc1NC(=O)c1ccc(C)c(F)c1. The van der Waals surface area contributed by atoms with Crippen LogP contribution < -0.4 is 5.32 Å². The van der Waals surface area contributed by atoms with Crippen molar-refractivity contribution in [3.63, 3.8) is 0 Å². The van der Waals surface area contributed by atoms with Crippen LogP contribution in [0.3, 0.4) is 0 Å². The average molecular weight is 336 g/mol. The van der Waals surface area contributed by atoms with E-state index in [9.17, 15) is 9.18 Å². The van der Waals surface area contributed by atoms with Gasteiger partial charge in [0.25, 0.3) is 5.91 Å². The highest BCUT2D eigenvalue weighted by Gasteiger charge is 2.10. The predicted octanol–water partition coefficient (Wildman–Crippen LogP) is 4.71. The second-order valence-electron chi connectivity index (χ2n) is 4.57. The Balaban J connectivity index is 2.25. The van der Waals surface area contributed by atoms with E-state index >= 15 is 0 Å². The Kier molecular flexibility index (Phi) is 4.55. The maximum atomic E-state index is 13.5. The summed E-state index contributed by atoms with van der Waals surface area (Å²) in [5.41, 5.74) is 2.62. The molecule has 0 saturated heterocycles. The van der Waals surface area contributed by atoms with Crippen LogP contribution in [0.5, 0.6) is 0 Å². The van der Waals surface area contributed by atoms with Gasteiger partial charge in [0.15, 0.2) is 0 Å². The molecule has 4 heteroatoms. The van der Waals surface area contributed by atoms with Crippen molar-refractivity contribution in [2.75, 3.05) is 5.32 Å². The fourth-order valence-corrected chi connectivity index (χ4v) is 2.31. The van der Waals surface area contributed by atoms with Gasteiger partial charge in [-0.1, -0.05) is 28.9 Å². The van der Waals surface area contributed by atoms with Crippen molar-refractivity contribution < 1.29 is 9.18 Å². The van der Waals surface area contributed by atoms with Crippen molar-refractivity contribution in [3.05, 3.63) is 63.4 Å². The highest BCUT2D eigenvalue weighted by molar-refractivity contribution is 9.10. The molecule has 0 bridgehead atoms. The summed E-state index contributed by atoms with van der Waals surface area (Å²) in [5.74, 6) is -0.676. The Morgan fingerprint density at radius 1 is 1.25 bits per heavy atom. The quantitative estimate of drug-likeness (QED) is 0.864. The maximum absolute atomic E-state index is 13.5. The first-order chi connectivity index (χ1) is 9.51. The summed E-state index contributed by atoms with van der Waals surface area (Å²) < 4.78 is 14.5. The van der Waals surface area contributed by atoms with Crippen molar-refractivity contribution in [3.8, 4) is 0 Å². The van der Waals surface area contributed by atoms with Crippen LogP contribution in [0.25, 0.3) is 0 Å². The summed E-state index contributed by atoms with van der Waals surface area (Å²) in [7, 11) is 0. The Morgan fingerprint density at radius 3 is 2.65 bits per heavy atom. The molecule has 0 unspecified atom stereocenters. The number of rotatable bonds is 3. The number of hydrogen-bond acceptors (Lipinski definition) is 1. The lowest BCUT2D eigenvalue weighted by atomic mass is 10.1. The molecule has 2 aromatic carbocycles. The minimum absolute atomic E-state index is 0.305. The van der Waals surface area contributed by atoms with Crippen LogP contribution in [0.15, 0.2) is 40.9 Å². The fourth-order valence-electron chi connectivity index (χ4n) is 1.91. The first kappa shape index (κ1) is 14.7. The van der Waals surface area contributed by atoms with Gasteiger partial charge in [-0.2, -0.15) is 0 Å². The summed E-state index contributed by atoms with van der Waals surface area (Å²) >= 11 is 3.40. The third-order valence-electron chi connectivity index (χ3n) is 3.13. The topological polar surface area (TPSA) is 29.1 Å². The van der Waals surface area contributed by atoms with Crippen LogP contribution in [0.1, 0.15) is 28.4 Å². The van der Waals surface area contributed by atoms with Gasteiger partial charge in [-0.25, -0.2) is 4.39 Å². The molecular formula is C16H15BrFNO. The van der Waals surface area contributed by atoms with E-state index in [2.05, 4.69) is 21.2 Å². The molecule has 0 heterocycles. The Labute approximate surface area is 126 Å². The van der Waals surface area contributed by atoms with Gasteiger partial charge in [-0.3, -0.25) is 4.79 Å². The highest BCUT2D eigenvalue weighted by atomic mass is 79.9. The van der Waals surface area contributed by atoms with E-state index in [4.69, 9.17) is 0 Å². The third kappa shape index (κ3) is 3.25. The largest absolute Gasteiger partial charge is 0.322 e. The lowest BCUT2D eigenvalue weighted by Crippen LogP contribution is -2.13. The molecule has 2 nitrogen and oxygen atoms in total. The molecule has 0 spiro atoms. The third-order valence-corrected chi connectivity index (χ3v) is 3.62. The number of amides is 1. The molecule has 1 amide bonds. The van der Waals surface area contributed by atoms with Gasteiger partial charge in [0.2, 0.25) is 0 Å². The van der Waals surface area contributed by atoms with E-state index in [1.54, 1.807) is 19.1 Å². The molecule has 2 rings (SSSR count). The molecule has 0 radical (unpaired) electrons. The van der Waals surface area contributed by atoms with Gasteiger partial charge in [0, 0.05) is 15.7 Å². The van der Waals surface area contributed by atoms with Crippen molar-refractivity contribution in [1.29, 1.82) is 0 Å². The van der Waals surface area contributed by atoms with Crippen molar-refractivity contribution >= 4 is 27.5 Å². The highest BCUT2D eigenvalue weighted by Crippen LogP contribution is 2.22. The van der Waals surface area contributed by atoms with Crippen molar-refractivity contribution in [1.82, 2.24) is 0 Å². The Morgan fingerprint density at radius 2 is 2.00 bits per heavy atom. The van der Waals surface area contributed by atoms with Crippen LogP contribution in [0.4, 0.5) is 10.1 Å². The van der Waals surface area contributed by atoms with E-state index in [-0.39, 0.29) is 11.7 Å². The lowest BCUT2D eigenvalue weighted by molar-refractivity contribution is 0.102. The number of aryl methyl sites for hydroxylation is 2. The standard InChI is InChI=1S/C16H15BrFNO/c1-3-11-8-13(17)6-7-15(11)19-16(20)12-5-4-10(2)14(18)9-12/h4-9H,3H2,1-2H3,(H,19,20). The molecule has 0 atom stereocenters. The summed E-state index contributed by atoms with van der Waals surface area (Å²) in [6.45, 7) is 3.68. The smallest absolute Gasteiger partial charge is 0.255 e. The summed E-state index contributed by atoms with van der Waals surface area (Å²) in [6.07, 6.45) is 0.803. The van der Waals surface area contributed by atoms with E-state index in [0.717, 1.165) is 22.1 Å². The van der Waals surface area contributed by atoms with Crippen LogP contribution in [0, 0.1) is 12.7 Å². The van der Waals surface area contributed by atoms with Crippen LogP contribution in [-0.2, 0) is 6.42 Å². The van der Waals surface area contributed by atoms with E-state index < -0.39 is 0 Å². The van der Waals surface area contributed by atoms with E-state index in [0.29, 0.717) is 11.1 Å². The van der Waals surface area contributed by atoms with Crippen molar-refractivity contribution in [2.45, 2.75) is 20.3 Å². The number of carbonyl (C=O) groups is 1. The van der Waals surface area contributed by atoms with Gasteiger partial charge in [-0.15, -0.1) is 0 Å². The average Bonchev–Trinajstić information content (AvgIpc) is 2.43. The molecule has 0 saturated carbocycles. The minimum Gasteiger partial charge on any atom is -0.322 e. The van der Waals surface area contributed by atoms with Gasteiger partial charge >= 0.3 is 0 Å². The number of nitrogens with one attached hydrogen (secondary N) is 1.